The minimum Gasteiger partial charge on any atom is -0.348 e. The molecular weight excluding hydrogens is 380 g/mol. The van der Waals surface area contributed by atoms with Crippen molar-refractivity contribution in [2.75, 3.05) is 19.6 Å². The largest absolute Gasteiger partial charge is 0.348 e. The zero-order valence-corrected chi connectivity index (χ0v) is 16.8. The van der Waals surface area contributed by atoms with Crippen LogP contribution >= 0.6 is 0 Å². The van der Waals surface area contributed by atoms with Crippen molar-refractivity contribution < 1.29 is 17.7 Å². The van der Waals surface area contributed by atoms with Crippen molar-refractivity contribution in [3.05, 3.63) is 42.0 Å². The molecule has 1 aliphatic rings. The van der Waals surface area contributed by atoms with Crippen molar-refractivity contribution in [1.82, 2.24) is 20.4 Å². The maximum atomic E-state index is 12.3. The van der Waals surface area contributed by atoms with E-state index in [1.54, 1.807) is 18.2 Å². The monoisotopic (exact) mass is 406 g/mol. The number of carbonyl (C=O) groups is 1. The SMILES string of the molecule is CC1CCCCN1CCCNC(=O)c1nc(CS(=O)(=O)c2ccccc2)no1. The second kappa shape index (κ2) is 9.29. The van der Waals surface area contributed by atoms with Crippen LogP contribution in [0.2, 0.25) is 0 Å². The number of benzene rings is 1. The van der Waals surface area contributed by atoms with Crippen LogP contribution in [0.1, 0.15) is 49.1 Å². The van der Waals surface area contributed by atoms with Crippen molar-refractivity contribution in [3.63, 3.8) is 0 Å². The molecule has 1 amide bonds. The summed E-state index contributed by atoms with van der Waals surface area (Å²) in [5, 5.41) is 6.38. The van der Waals surface area contributed by atoms with Gasteiger partial charge in [-0.2, -0.15) is 4.98 Å². The molecule has 0 spiro atoms. The maximum absolute atomic E-state index is 12.3. The predicted molar refractivity (Wildman–Crippen MR) is 103 cm³/mol. The van der Waals surface area contributed by atoms with Crippen LogP contribution in [0.15, 0.2) is 39.8 Å². The molecule has 1 fully saturated rings. The van der Waals surface area contributed by atoms with Crippen LogP contribution in [0.5, 0.6) is 0 Å². The number of rotatable bonds is 8. The van der Waals surface area contributed by atoms with Gasteiger partial charge < -0.3 is 14.7 Å². The van der Waals surface area contributed by atoms with Crippen molar-refractivity contribution in [2.24, 2.45) is 0 Å². The lowest BCUT2D eigenvalue weighted by Crippen LogP contribution is -2.39. The number of nitrogens with one attached hydrogen (secondary N) is 1. The van der Waals surface area contributed by atoms with Crippen LogP contribution in [0.4, 0.5) is 0 Å². The second-order valence-corrected chi connectivity index (χ2v) is 9.07. The van der Waals surface area contributed by atoms with Gasteiger partial charge in [-0.1, -0.05) is 29.8 Å². The summed E-state index contributed by atoms with van der Waals surface area (Å²) in [6.45, 7) is 4.78. The van der Waals surface area contributed by atoms with Crippen LogP contribution in [-0.4, -0.2) is 55.0 Å². The number of amides is 1. The van der Waals surface area contributed by atoms with Gasteiger partial charge in [-0.15, -0.1) is 0 Å². The Morgan fingerprint density at radius 2 is 2.07 bits per heavy atom. The molecule has 1 aromatic heterocycles. The number of sulfone groups is 1. The summed E-state index contributed by atoms with van der Waals surface area (Å²) in [7, 11) is -3.59. The zero-order valence-electron chi connectivity index (χ0n) is 16.0. The van der Waals surface area contributed by atoms with Crippen LogP contribution < -0.4 is 5.32 Å². The second-order valence-electron chi connectivity index (χ2n) is 7.08. The molecule has 152 valence electrons. The van der Waals surface area contributed by atoms with Crippen LogP contribution in [0.25, 0.3) is 0 Å². The van der Waals surface area contributed by atoms with E-state index in [0.717, 1.165) is 19.5 Å². The minimum atomic E-state index is -3.59. The van der Waals surface area contributed by atoms with Gasteiger partial charge in [-0.3, -0.25) is 4.79 Å². The maximum Gasteiger partial charge on any atom is 0.315 e. The van der Waals surface area contributed by atoms with Crippen LogP contribution in [0, 0.1) is 0 Å². The molecule has 2 aromatic rings. The van der Waals surface area contributed by atoms with E-state index < -0.39 is 21.5 Å². The van der Waals surface area contributed by atoms with Gasteiger partial charge in [-0.05, 0) is 44.9 Å². The minimum absolute atomic E-state index is 0.0313. The van der Waals surface area contributed by atoms with Gasteiger partial charge in [0.25, 0.3) is 0 Å². The molecule has 0 aliphatic carbocycles. The number of nitrogens with zero attached hydrogens (tertiary/aromatic N) is 3. The molecular formula is C19H26N4O4S. The lowest BCUT2D eigenvalue weighted by atomic mass is 10.0. The highest BCUT2D eigenvalue weighted by atomic mass is 32.2. The predicted octanol–water partition coefficient (Wildman–Crippen LogP) is 2.04. The Kier molecular flexibility index (Phi) is 6.79. The molecule has 1 aromatic carbocycles. The molecule has 1 aliphatic heterocycles. The molecule has 9 heteroatoms. The van der Waals surface area contributed by atoms with E-state index in [1.807, 2.05) is 0 Å². The number of piperidine rings is 1. The molecule has 28 heavy (non-hydrogen) atoms. The first-order valence-corrected chi connectivity index (χ1v) is 11.2. The number of aromatic nitrogens is 2. The van der Waals surface area contributed by atoms with E-state index in [9.17, 15) is 13.2 Å². The Bertz CT molecular complexity index is 882. The molecule has 0 radical (unpaired) electrons. The van der Waals surface area contributed by atoms with Gasteiger partial charge in [0, 0.05) is 19.1 Å². The van der Waals surface area contributed by atoms with Gasteiger partial charge in [0.2, 0.25) is 0 Å². The average Bonchev–Trinajstić information content (AvgIpc) is 3.15. The third kappa shape index (κ3) is 5.39. The molecule has 8 nitrogen and oxygen atoms in total. The number of hydrogen-bond acceptors (Lipinski definition) is 7. The van der Waals surface area contributed by atoms with E-state index in [1.165, 1.54) is 31.4 Å². The van der Waals surface area contributed by atoms with Crippen molar-refractivity contribution >= 4 is 15.7 Å². The zero-order chi connectivity index (χ0) is 20.0. The molecule has 1 saturated heterocycles. The van der Waals surface area contributed by atoms with Gasteiger partial charge in [0.15, 0.2) is 15.7 Å². The summed E-state index contributed by atoms with van der Waals surface area (Å²) in [6.07, 6.45) is 4.57. The summed E-state index contributed by atoms with van der Waals surface area (Å²) >= 11 is 0. The smallest absolute Gasteiger partial charge is 0.315 e. The lowest BCUT2D eigenvalue weighted by Gasteiger charge is -2.33. The fraction of sp³-hybridized carbons (Fsp3) is 0.526. The van der Waals surface area contributed by atoms with E-state index in [-0.39, 0.29) is 16.6 Å². The average molecular weight is 407 g/mol. The Morgan fingerprint density at radius 1 is 1.29 bits per heavy atom. The summed E-state index contributed by atoms with van der Waals surface area (Å²) in [5.74, 6) is -1.15. The summed E-state index contributed by atoms with van der Waals surface area (Å²) in [4.78, 5) is 18.7. The molecule has 1 N–H and O–H groups in total. The summed E-state index contributed by atoms with van der Waals surface area (Å²) in [5.41, 5.74) is 0. The number of carbonyl (C=O) groups excluding carboxylic acids is 1. The first-order valence-electron chi connectivity index (χ1n) is 9.58. The highest BCUT2D eigenvalue weighted by Crippen LogP contribution is 2.16. The van der Waals surface area contributed by atoms with Gasteiger partial charge in [0.1, 0.15) is 5.75 Å². The van der Waals surface area contributed by atoms with Crippen molar-refractivity contribution in [1.29, 1.82) is 0 Å². The first-order chi connectivity index (χ1) is 13.5. The summed E-state index contributed by atoms with van der Waals surface area (Å²) in [6, 6.07) is 8.63. The topological polar surface area (TPSA) is 105 Å². The molecule has 1 atom stereocenters. The van der Waals surface area contributed by atoms with Crippen LogP contribution in [-0.2, 0) is 15.6 Å². The van der Waals surface area contributed by atoms with Gasteiger partial charge >= 0.3 is 11.8 Å². The van der Waals surface area contributed by atoms with E-state index >= 15 is 0 Å². The standard InChI is InChI=1S/C19H26N4O4S/c1-15-8-5-6-12-23(15)13-7-11-20-18(24)19-21-17(22-27-19)14-28(25,26)16-9-3-2-4-10-16/h2-4,9-10,15H,5-8,11-14H2,1H3,(H,20,24). The number of likely N-dealkylation sites (tertiary alicyclic amines) is 1. The van der Waals surface area contributed by atoms with Crippen molar-refractivity contribution in [3.8, 4) is 0 Å². The first kappa shape index (κ1) is 20.5. The lowest BCUT2D eigenvalue weighted by molar-refractivity contribution is 0.0905. The fourth-order valence-electron chi connectivity index (χ4n) is 3.34. The molecule has 2 heterocycles. The van der Waals surface area contributed by atoms with E-state index in [2.05, 4.69) is 27.3 Å². The quantitative estimate of drug-likeness (QED) is 0.669. The Morgan fingerprint density at radius 3 is 2.82 bits per heavy atom. The Labute approximate surface area is 165 Å². The van der Waals surface area contributed by atoms with Crippen molar-refractivity contribution in [2.45, 2.75) is 49.3 Å². The Hall–Kier alpha value is -2.26. The third-order valence-corrected chi connectivity index (χ3v) is 6.56. The Balaban J connectivity index is 1.47. The number of hydrogen-bond donors (Lipinski definition) is 1. The van der Waals surface area contributed by atoms with E-state index in [0.29, 0.717) is 12.6 Å². The van der Waals surface area contributed by atoms with Gasteiger partial charge in [-0.25, -0.2) is 8.42 Å². The molecule has 3 rings (SSSR count). The highest BCUT2D eigenvalue weighted by Gasteiger charge is 2.22. The normalized spacial score (nSPS) is 18.1. The molecule has 0 bridgehead atoms. The molecule has 1 unspecified atom stereocenters. The van der Waals surface area contributed by atoms with Gasteiger partial charge in [0.05, 0.1) is 4.90 Å². The van der Waals surface area contributed by atoms with E-state index in [4.69, 9.17) is 4.52 Å². The highest BCUT2D eigenvalue weighted by molar-refractivity contribution is 7.90. The van der Waals surface area contributed by atoms with Crippen LogP contribution in [0.3, 0.4) is 0 Å². The fourth-order valence-corrected chi connectivity index (χ4v) is 4.53. The molecule has 0 saturated carbocycles. The summed E-state index contributed by atoms with van der Waals surface area (Å²) < 4.78 is 29.6. The third-order valence-electron chi connectivity index (χ3n) is 4.93.